The molecule has 2 nitrogen and oxygen atoms in total. The molecule has 2 aliphatic heterocycles. The molecule has 3 heteroatoms. The molecule has 0 spiro atoms. The molecule has 0 saturated heterocycles. The highest BCUT2D eigenvalue weighted by Gasteiger charge is 2.40. The predicted molar refractivity (Wildman–Crippen MR) is 108 cm³/mol. The Morgan fingerprint density at radius 2 is 1.54 bits per heavy atom. The first-order valence-electron chi connectivity index (χ1n) is 9.39. The van der Waals surface area contributed by atoms with Crippen molar-refractivity contribution in [1.82, 2.24) is 0 Å². The van der Waals surface area contributed by atoms with Crippen molar-refractivity contribution in [2.45, 2.75) is 33.6 Å². The van der Waals surface area contributed by atoms with E-state index < -0.39 is 0 Å². The Balaban J connectivity index is 1.81. The lowest BCUT2D eigenvalue weighted by Crippen LogP contribution is -2.57. The topological polar surface area (TPSA) is 18.5 Å². The van der Waals surface area contributed by atoms with Gasteiger partial charge in [-0.25, -0.2) is 0 Å². The fourth-order valence-corrected chi connectivity index (χ4v) is 4.24. The van der Waals surface area contributed by atoms with Crippen molar-refractivity contribution in [3.05, 3.63) is 65.2 Å². The number of benzene rings is 3. The number of ether oxygens (including phenoxy) is 2. The summed E-state index contributed by atoms with van der Waals surface area (Å²) < 4.78 is 12.7. The maximum Gasteiger partial charge on any atom is 0.260 e. The molecule has 0 atom stereocenters. The van der Waals surface area contributed by atoms with Gasteiger partial charge in [0.25, 0.3) is 6.71 Å². The molecule has 0 radical (unpaired) electrons. The maximum absolute atomic E-state index is 6.40. The van der Waals surface area contributed by atoms with Gasteiger partial charge in [-0.05, 0) is 66.1 Å². The first-order chi connectivity index (χ1) is 12.7. The average molecular weight is 340 g/mol. The van der Waals surface area contributed by atoms with Crippen LogP contribution in [-0.2, 0) is 6.42 Å². The van der Waals surface area contributed by atoms with Crippen molar-refractivity contribution < 1.29 is 9.47 Å². The summed E-state index contributed by atoms with van der Waals surface area (Å²) in [4.78, 5) is 0. The van der Waals surface area contributed by atoms with E-state index in [-0.39, 0.29) is 6.71 Å². The largest absolute Gasteiger partial charge is 0.458 e. The normalized spacial score (nSPS) is 13.3. The van der Waals surface area contributed by atoms with Gasteiger partial charge in [0, 0.05) is 5.46 Å². The summed E-state index contributed by atoms with van der Waals surface area (Å²) >= 11 is 0. The van der Waals surface area contributed by atoms with Crippen molar-refractivity contribution in [1.29, 1.82) is 0 Å². The molecule has 2 heterocycles. The molecule has 0 aromatic heterocycles. The quantitative estimate of drug-likeness (QED) is 0.453. The molecule has 3 aromatic carbocycles. The second-order valence-electron chi connectivity index (χ2n) is 7.36. The highest BCUT2D eigenvalue weighted by Crippen LogP contribution is 2.36. The minimum absolute atomic E-state index is 0.171. The van der Waals surface area contributed by atoms with Crippen molar-refractivity contribution >= 4 is 23.1 Å². The Kier molecular flexibility index (Phi) is 3.39. The van der Waals surface area contributed by atoms with Gasteiger partial charge in [0.1, 0.15) is 23.0 Å². The molecular formula is C23H21BO2. The number of rotatable bonds is 2. The van der Waals surface area contributed by atoms with E-state index in [0.29, 0.717) is 0 Å². The van der Waals surface area contributed by atoms with Crippen LogP contribution in [0, 0.1) is 13.8 Å². The zero-order valence-electron chi connectivity index (χ0n) is 15.4. The maximum atomic E-state index is 6.40. The Bertz CT molecular complexity index is 1040. The molecule has 0 aliphatic carbocycles. The Hall–Kier alpha value is -2.68. The first-order valence-corrected chi connectivity index (χ1v) is 9.39. The number of fused-ring (bicyclic) bond motifs is 4. The van der Waals surface area contributed by atoms with Crippen LogP contribution in [0.2, 0.25) is 0 Å². The van der Waals surface area contributed by atoms with Crippen LogP contribution in [0.5, 0.6) is 23.0 Å². The SMILES string of the molecule is CCCc1cccc2c1Oc1cccc3c1B2c1cc(C)c(C)cc1O3. The van der Waals surface area contributed by atoms with E-state index in [4.69, 9.17) is 9.47 Å². The molecular weight excluding hydrogens is 319 g/mol. The van der Waals surface area contributed by atoms with Gasteiger partial charge >= 0.3 is 0 Å². The van der Waals surface area contributed by atoms with Crippen molar-refractivity contribution in [2.75, 3.05) is 0 Å². The fourth-order valence-electron chi connectivity index (χ4n) is 4.24. The summed E-state index contributed by atoms with van der Waals surface area (Å²) in [5, 5.41) is 0. The zero-order valence-corrected chi connectivity index (χ0v) is 15.4. The zero-order chi connectivity index (χ0) is 17.8. The summed E-state index contributed by atoms with van der Waals surface area (Å²) in [5.41, 5.74) is 7.50. The first kappa shape index (κ1) is 15.6. The third-order valence-electron chi connectivity index (χ3n) is 5.64. The second-order valence-corrected chi connectivity index (χ2v) is 7.36. The monoisotopic (exact) mass is 340 g/mol. The van der Waals surface area contributed by atoms with Crippen molar-refractivity contribution in [3.63, 3.8) is 0 Å². The molecule has 0 saturated carbocycles. The van der Waals surface area contributed by atoms with E-state index >= 15 is 0 Å². The van der Waals surface area contributed by atoms with E-state index in [1.807, 2.05) is 12.1 Å². The van der Waals surface area contributed by atoms with Crippen molar-refractivity contribution in [2.24, 2.45) is 0 Å². The Morgan fingerprint density at radius 3 is 2.35 bits per heavy atom. The summed E-state index contributed by atoms with van der Waals surface area (Å²) in [5.74, 6) is 3.84. The smallest absolute Gasteiger partial charge is 0.260 e. The number of aryl methyl sites for hydroxylation is 3. The summed E-state index contributed by atoms with van der Waals surface area (Å²) in [7, 11) is 0. The lowest BCUT2D eigenvalue weighted by molar-refractivity contribution is 0.461. The van der Waals surface area contributed by atoms with Gasteiger partial charge in [-0.2, -0.15) is 0 Å². The standard InChI is InChI=1S/C23H21BO2/c1-4-7-16-8-5-9-17-23(16)26-20-11-6-10-19-22(20)24(17)18-12-14(2)15(3)13-21(18)25-19/h5-6,8-13H,4,7H2,1-3H3. The highest BCUT2D eigenvalue weighted by molar-refractivity contribution is 6.98. The lowest BCUT2D eigenvalue weighted by Gasteiger charge is -2.34. The van der Waals surface area contributed by atoms with Gasteiger partial charge in [-0.1, -0.05) is 43.7 Å². The lowest BCUT2D eigenvalue weighted by atomic mass is 9.34. The van der Waals surface area contributed by atoms with Gasteiger partial charge < -0.3 is 9.47 Å². The average Bonchev–Trinajstić information content (AvgIpc) is 2.64. The van der Waals surface area contributed by atoms with Gasteiger partial charge in [0.2, 0.25) is 0 Å². The molecule has 0 N–H and O–H groups in total. The van der Waals surface area contributed by atoms with Crippen LogP contribution in [-0.4, -0.2) is 6.71 Å². The third-order valence-corrected chi connectivity index (χ3v) is 5.64. The van der Waals surface area contributed by atoms with Crippen LogP contribution in [0.1, 0.15) is 30.0 Å². The fraction of sp³-hybridized carbons (Fsp3) is 0.217. The van der Waals surface area contributed by atoms with Crippen LogP contribution in [0.25, 0.3) is 0 Å². The molecule has 5 rings (SSSR count). The summed E-state index contributed by atoms with van der Waals surface area (Å²) in [6.45, 7) is 6.70. The minimum atomic E-state index is 0.171. The van der Waals surface area contributed by atoms with Gasteiger partial charge in [-0.3, -0.25) is 0 Å². The molecule has 26 heavy (non-hydrogen) atoms. The van der Waals surface area contributed by atoms with Crippen LogP contribution >= 0.6 is 0 Å². The molecule has 0 amide bonds. The Labute approximate surface area is 154 Å². The number of hydrogen-bond acceptors (Lipinski definition) is 2. The number of para-hydroxylation sites is 1. The molecule has 0 bridgehead atoms. The molecule has 3 aromatic rings. The Morgan fingerprint density at radius 1 is 0.808 bits per heavy atom. The molecule has 2 aliphatic rings. The van der Waals surface area contributed by atoms with E-state index in [2.05, 4.69) is 57.2 Å². The third kappa shape index (κ3) is 2.13. The van der Waals surface area contributed by atoms with Crippen LogP contribution < -0.4 is 25.9 Å². The highest BCUT2D eigenvalue weighted by atomic mass is 16.5. The van der Waals surface area contributed by atoms with Gasteiger partial charge in [0.05, 0.1) is 0 Å². The predicted octanol–water partition coefficient (Wildman–Crippen LogP) is 3.98. The summed E-state index contributed by atoms with van der Waals surface area (Å²) in [6.07, 6.45) is 2.14. The van der Waals surface area contributed by atoms with Crippen LogP contribution in [0.4, 0.5) is 0 Å². The molecule has 128 valence electrons. The molecule has 0 unspecified atom stereocenters. The summed E-state index contributed by atoms with van der Waals surface area (Å²) in [6, 6.07) is 17.2. The van der Waals surface area contributed by atoms with Crippen molar-refractivity contribution in [3.8, 4) is 23.0 Å². The van der Waals surface area contributed by atoms with Gasteiger partial charge in [-0.15, -0.1) is 0 Å². The van der Waals surface area contributed by atoms with E-state index in [9.17, 15) is 0 Å². The van der Waals surface area contributed by atoms with Crippen LogP contribution in [0.3, 0.4) is 0 Å². The van der Waals surface area contributed by atoms with Crippen LogP contribution in [0.15, 0.2) is 48.5 Å². The number of hydrogen-bond donors (Lipinski definition) is 0. The second kappa shape index (κ2) is 5.67. The molecule has 0 fully saturated rings. The van der Waals surface area contributed by atoms with E-state index in [1.54, 1.807) is 0 Å². The van der Waals surface area contributed by atoms with Gasteiger partial charge in [0.15, 0.2) is 0 Å². The van der Waals surface area contributed by atoms with E-state index in [0.717, 1.165) is 41.3 Å². The minimum Gasteiger partial charge on any atom is -0.458 e. The van der Waals surface area contributed by atoms with E-state index in [1.165, 1.54) is 27.6 Å².